The summed E-state index contributed by atoms with van der Waals surface area (Å²) in [6, 6.07) is 9.79. The average molecular weight is 368 g/mol. The Balaban J connectivity index is 1.71. The first-order valence-electron chi connectivity index (χ1n) is 8.59. The van der Waals surface area contributed by atoms with E-state index in [1.54, 1.807) is 24.3 Å². The highest BCUT2D eigenvalue weighted by Crippen LogP contribution is 2.26. The molecule has 140 valence electrons. The molecule has 0 aliphatic carbocycles. The van der Waals surface area contributed by atoms with Crippen molar-refractivity contribution in [2.45, 2.75) is 26.9 Å². The zero-order valence-electron chi connectivity index (χ0n) is 15.2. The number of phenolic OH excluding ortho intramolecular Hbond substituents is 1. The maximum Gasteiger partial charge on any atom is 0.310 e. The van der Waals surface area contributed by atoms with Gasteiger partial charge in [0.15, 0.2) is 5.78 Å². The zero-order valence-corrected chi connectivity index (χ0v) is 15.2. The molecule has 0 aliphatic rings. The Labute approximate surface area is 156 Å². The van der Waals surface area contributed by atoms with Crippen LogP contribution in [0.4, 0.5) is 0 Å². The van der Waals surface area contributed by atoms with Gasteiger partial charge in [0.1, 0.15) is 23.7 Å². The first kappa shape index (κ1) is 18.5. The lowest BCUT2D eigenvalue weighted by molar-refractivity contribution is -0.144. The van der Waals surface area contributed by atoms with Gasteiger partial charge in [0.05, 0.1) is 19.3 Å². The molecule has 0 unspecified atom stereocenters. The molecule has 0 saturated carbocycles. The van der Waals surface area contributed by atoms with Gasteiger partial charge < -0.3 is 19.0 Å². The Morgan fingerprint density at radius 2 is 1.93 bits per heavy atom. The van der Waals surface area contributed by atoms with E-state index < -0.39 is 5.97 Å². The van der Waals surface area contributed by atoms with E-state index in [1.807, 2.05) is 6.92 Å². The molecule has 27 heavy (non-hydrogen) atoms. The number of Topliss-reactive ketones (excluding diaryl/α,β-unsaturated/α-hetero) is 1. The van der Waals surface area contributed by atoms with E-state index in [0.717, 1.165) is 5.39 Å². The van der Waals surface area contributed by atoms with Gasteiger partial charge >= 0.3 is 5.97 Å². The largest absolute Gasteiger partial charge is 0.508 e. The highest BCUT2D eigenvalue weighted by molar-refractivity contribution is 5.94. The van der Waals surface area contributed by atoms with Crippen molar-refractivity contribution in [3.63, 3.8) is 0 Å². The Morgan fingerprint density at radius 3 is 2.67 bits per heavy atom. The van der Waals surface area contributed by atoms with Crippen LogP contribution in [0, 0.1) is 0 Å². The Kier molecular flexibility index (Phi) is 5.45. The number of ether oxygens (including phenoxy) is 2. The Hall–Kier alpha value is -3.28. The summed E-state index contributed by atoms with van der Waals surface area (Å²) in [7, 11) is 0. The van der Waals surface area contributed by atoms with E-state index in [2.05, 4.69) is 0 Å². The number of hydrogen-bond acceptors (Lipinski definition) is 6. The first-order chi connectivity index (χ1) is 13.0. The Bertz CT molecular complexity index is 986. The van der Waals surface area contributed by atoms with Crippen LogP contribution in [0.5, 0.6) is 11.5 Å². The van der Waals surface area contributed by atoms with Gasteiger partial charge in [0.2, 0.25) is 0 Å². The van der Waals surface area contributed by atoms with Crippen LogP contribution in [0.25, 0.3) is 11.0 Å². The number of benzene rings is 2. The quantitative estimate of drug-likeness (QED) is 0.501. The summed E-state index contributed by atoms with van der Waals surface area (Å²) in [5.41, 5.74) is 2.35. The van der Waals surface area contributed by atoms with Crippen molar-refractivity contribution in [2.24, 2.45) is 0 Å². The number of furan rings is 1. The van der Waals surface area contributed by atoms with E-state index in [-0.39, 0.29) is 24.6 Å². The number of carbonyl (C=O) groups excluding carboxylic acids is 2. The fourth-order valence-electron chi connectivity index (χ4n) is 2.78. The lowest BCUT2D eigenvalue weighted by Crippen LogP contribution is -2.09. The number of hydrogen-bond donors (Lipinski definition) is 1. The van der Waals surface area contributed by atoms with Crippen molar-refractivity contribution in [1.29, 1.82) is 0 Å². The molecule has 0 radical (unpaired) electrons. The summed E-state index contributed by atoms with van der Waals surface area (Å²) >= 11 is 0. The van der Waals surface area contributed by atoms with Crippen LogP contribution in [0.15, 0.2) is 47.1 Å². The molecule has 0 atom stereocenters. The smallest absolute Gasteiger partial charge is 0.310 e. The predicted molar refractivity (Wildman–Crippen MR) is 99.0 cm³/mol. The van der Waals surface area contributed by atoms with Gasteiger partial charge in [-0.1, -0.05) is 0 Å². The third-order valence-electron chi connectivity index (χ3n) is 4.13. The molecule has 6 heteroatoms. The number of phenols is 1. The van der Waals surface area contributed by atoms with Crippen molar-refractivity contribution in [3.05, 3.63) is 59.4 Å². The highest BCUT2D eigenvalue weighted by Gasteiger charge is 2.14. The second-order valence-corrected chi connectivity index (χ2v) is 6.09. The lowest BCUT2D eigenvalue weighted by Gasteiger charge is -2.12. The van der Waals surface area contributed by atoms with Crippen LogP contribution >= 0.6 is 0 Å². The minimum atomic E-state index is -0.429. The molecular formula is C21H20O6. The molecule has 0 fully saturated rings. The SMILES string of the molecule is CCOc1ccc(C(C)=O)cc1COC(=O)Cc1coc2cc(O)ccc12. The molecule has 1 N–H and O–H groups in total. The summed E-state index contributed by atoms with van der Waals surface area (Å²) in [5, 5.41) is 10.2. The number of aromatic hydroxyl groups is 1. The van der Waals surface area contributed by atoms with E-state index in [4.69, 9.17) is 13.9 Å². The number of esters is 1. The molecular weight excluding hydrogens is 348 g/mol. The van der Waals surface area contributed by atoms with Crippen LogP contribution in [0.1, 0.15) is 35.3 Å². The standard InChI is InChI=1S/C21H20O6/c1-3-25-19-7-4-14(13(2)22)8-16(19)12-27-21(24)9-15-11-26-20-10-17(23)5-6-18(15)20/h4-8,10-11,23H,3,9,12H2,1-2H3. The van der Waals surface area contributed by atoms with Crippen molar-refractivity contribution in [3.8, 4) is 11.5 Å². The van der Waals surface area contributed by atoms with Crippen LogP contribution in [-0.2, 0) is 22.6 Å². The van der Waals surface area contributed by atoms with E-state index in [9.17, 15) is 14.7 Å². The van der Waals surface area contributed by atoms with Crippen molar-refractivity contribution < 1.29 is 28.6 Å². The molecule has 3 aromatic rings. The summed E-state index contributed by atoms with van der Waals surface area (Å²) in [4.78, 5) is 23.8. The highest BCUT2D eigenvalue weighted by atomic mass is 16.5. The molecule has 0 amide bonds. The maximum absolute atomic E-state index is 12.3. The fourth-order valence-corrected chi connectivity index (χ4v) is 2.78. The summed E-state index contributed by atoms with van der Waals surface area (Å²) in [6.07, 6.45) is 1.52. The van der Waals surface area contributed by atoms with Crippen molar-refractivity contribution >= 4 is 22.7 Å². The van der Waals surface area contributed by atoms with Crippen LogP contribution < -0.4 is 4.74 Å². The Morgan fingerprint density at radius 1 is 1.11 bits per heavy atom. The maximum atomic E-state index is 12.3. The lowest BCUT2D eigenvalue weighted by atomic mass is 10.1. The van der Waals surface area contributed by atoms with Gasteiger partial charge in [-0.3, -0.25) is 9.59 Å². The third kappa shape index (κ3) is 4.28. The molecule has 0 spiro atoms. The molecule has 0 aliphatic heterocycles. The number of rotatable bonds is 7. The van der Waals surface area contributed by atoms with Crippen molar-refractivity contribution in [2.75, 3.05) is 6.61 Å². The van der Waals surface area contributed by atoms with Crippen molar-refractivity contribution in [1.82, 2.24) is 0 Å². The van der Waals surface area contributed by atoms with E-state index in [0.29, 0.717) is 34.6 Å². The molecule has 2 aromatic carbocycles. The zero-order chi connectivity index (χ0) is 19.4. The molecule has 0 bridgehead atoms. The molecule has 1 heterocycles. The van der Waals surface area contributed by atoms with Crippen LogP contribution in [0.3, 0.4) is 0 Å². The second kappa shape index (κ2) is 7.95. The minimum absolute atomic E-state index is 0.00581. The normalized spacial score (nSPS) is 10.7. The summed E-state index contributed by atoms with van der Waals surface area (Å²) in [5.74, 6) is 0.180. The van der Waals surface area contributed by atoms with Crippen LogP contribution in [-0.4, -0.2) is 23.5 Å². The molecule has 6 nitrogen and oxygen atoms in total. The molecule has 3 rings (SSSR count). The predicted octanol–water partition coefficient (Wildman–Crippen LogP) is 4.03. The van der Waals surface area contributed by atoms with Gasteiger partial charge in [0.25, 0.3) is 0 Å². The molecule has 0 saturated heterocycles. The monoisotopic (exact) mass is 368 g/mol. The van der Waals surface area contributed by atoms with Gasteiger partial charge in [0, 0.05) is 28.1 Å². The number of fused-ring (bicyclic) bond motifs is 1. The van der Waals surface area contributed by atoms with Gasteiger partial charge in [-0.15, -0.1) is 0 Å². The van der Waals surface area contributed by atoms with Crippen LogP contribution in [0.2, 0.25) is 0 Å². The van der Waals surface area contributed by atoms with Gasteiger partial charge in [-0.2, -0.15) is 0 Å². The summed E-state index contributed by atoms with van der Waals surface area (Å²) in [6.45, 7) is 3.81. The van der Waals surface area contributed by atoms with E-state index >= 15 is 0 Å². The molecule has 1 aromatic heterocycles. The minimum Gasteiger partial charge on any atom is -0.508 e. The third-order valence-corrected chi connectivity index (χ3v) is 4.13. The van der Waals surface area contributed by atoms with Gasteiger partial charge in [-0.05, 0) is 44.2 Å². The second-order valence-electron chi connectivity index (χ2n) is 6.09. The topological polar surface area (TPSA) is 86.0 Å². The number of carbonyl (C=O) groups is 2. The fraction of sp³-hybridized carbons (Fsp3) is 0.238. The summed E-state index contributed by atoms with van der Waals surface area (Å²) < 4.78 is 16.3. The van der Waals surface area contributed by atoms with E-state index in [1.165, 1.54) is 25.3 Å². The average Bonchev–Trinajstić information content (AvgIpc) is 3.02. The first-order valence-corrected chi connectivity index (χ1v) is 8.59. The number of ketones is 1. The van der Waals surface area contributed by atoms with Gasteiger partial charge in [-0.25, -0.2) is 0 Å².